The maximum atomic E-state index is 2.12. The number of hydrogen-bond donors (Lipinski definition) is 1. The summed E-state index contributed by atoms with van der Waals surface area (Å²) in [7, 11) is 8.50. The Morgan fingerprint density at radius 1 is 0.857 bits per heavy atom. The molecule has 7 heavy (non-hydrogen) atoms. The molecule has 0 spiro atoms. The summed E-state index contributed by atoms with van der Waals surface area (Å²) in [5, 5.41) is 0. The minimum absolute atomic E-state index is 0. The molecule has 0 unspecified atom stereocenters. The van der Waals surface area contributed by atoms with Gasteiger partial charge in [0.05, 0.1) is 28.2 Å². The van der Waals surface area contributed by atoms with Crippen LogP contribution in [0.2, 0.25) is 0 Å². The van der Waals surface area contributed by atoms with Gasteiger partial charge in [-0.2, -0.15) is 0 Å². The fourth-order valence-corrected chi connectivity index (χ4v) is 0. The van der Waals surface area contributed by atoms with Crippen molar-refractivity contribution in [2.24, 2.45) is 0 Å². The zero-order valence-electron chi connectivity index (χ0n) is 5.60. The van der Waals surface area contributed by atoms with E-state index in [0.717, 1.165) is 4.48 Å². The molecule has 0 saturated heterocycles. The Morgan fingerprint density at radius 3 is 0.857 bits per heavy atom. The van der Waals surface area contributed by atoms with Crippen LogP contribution >= 0.6 is 0 Å². The molecule has 0 aliphatic carbocycles. The average molecular weight is 108 g/mol. The van der Waals surface area contributed by atoms with E-state index in [2.05, 4.69) is 28.2 Å². The van der Waals surface area contributed by atoms with Gasteiger partial charge >= 0.3 is 0 Å². The fourth-order valence-electron chi connectivity index (χ4n) is 0. The molecule has 0 bridgehead atoms. The summed E-state index contributed by atoms with van der Waals surface area (Å²) < 4.78 is 1.00. The third kappa shape index (κ3) is 6150. The van der Waals surface area contributed by atoms with Crippen LogP contribution in [0, 0.1) is 0 Å². The van der Waals surface area contributed by atoms with E-state index in [-0.39, 0.29) is 11.6 Å². The smallest absolute Gasteiger partial charge is 0.0675 e. The standard InChI is InChI=1S/C4H12N.H3N.H2O/c1-5(2,3)4;;/h1-4H3;1H3;1H2/q+1;;/p-1. The van der Waals surface area contributed by atoms with Crippen LogP contribution < -0.4 is 6.15 Å². The zero-order valence-corrected chi connectivity index (χ0v) is 5.60. The average Bonchev–Trinajstić information content (AvgIpc) is 0.722. The van der Waals surface area contributed by atoms with Crippen molar-refractivity contribution in [1.82, 2.24) is 6.15 Å². The van der Waals surface area contributed by atoms with Gasteiger partial charge in [-0.25, -0.2) is 0 Å². The lowest BCUT2D eigenvalue weighted by Gasteiger charge is -2.14. The molecule has 0 amide bonds. The molecule has 0 rings (SSSR count). The first kappa shape index (κ1) is 15.8. The number of nitrogens with zero attached hydrogens (tertiary/aromatic N) is 1. The molecule has 0 fully saturated rings. The van der Waals surface area contributed by atoms with Crippen molar-refractivity contribution in [2.45, 2.75) is 0 Å². The Morgan fingerprint density at radius 2 is 0.857 bits per heavy atom. The van der Waals surface area contributed by atoms with Gasteiger partial charge in [0.25, 0.3) is 0 Å². The second kappa shape index (κ2) is 4.05. The largest absolute Gasteiger partial charge is 0.870 e. The molecular weight excluding hydrogens is 92.1 g/mol. The van der Waals surface area contributed by atoms with E-state index in [9.17, 15) is 0 Å². The highest BCUT2D eigenvalue weighted by atomic mass is 16.0. The zero-order chi connectivity index (χ0) is 4.50. The van der Waals surface area contributed by atoms with Gasteiger partial charge in [-0.05, 0) is 0 Å². The van der Waals surface area contributed by atoms with Crippen LogP contribution in [0.1, 0.15) is 0 Å². The Hall–Kier alpha value is -0.120. The maximum absolute atomic E-state index is 2.12. The summed E-state index contributed by atoms with van der Waals surface area (Å²) in [6, 6.07) is 0. The van der Waals surface area contributed by atoms with Gasteiger partial charge in [0.15, 0.2) is 0 Å². The first-order valence-electron chi connectivity index (χ1n) is 1.79. The Balaban J connectivity index is -0.0000000800. The van der Waals surface area contributed by atoms with Gasteiger partial charge in [-0.1, -0.05) is 0 Å². The van der Waals surface area contributed by atoms with E-state index >= 15 is 0 Å². The molecule has 0 heterocycles. The third-order valence-electron chi connectivity index (χ3n) is 0. The van der Waals surface area contributed by atoms with Crippen molar-refractivity contribution in [3.05, 3.63) is 0 Å². The van der Waals surface area contributed by atoms with E-state index in [1.54, 1.807) is 0 Å². The maximum Gasteiger partial charge on any atom is 0.0675 e. The summed E-state index contributed by atoms with van der Waals surface area (Å²) in [6.07, 6.45) is 0. The van der Waals surface area contributed by atoms with Gasteiger partial charge in [0.1, 0.15) is 0 Å². The summed E-state index contributed by atoms with van der Waals surface area (Å²) in [5.74, 6) is 0. The lowest BCUT2D eigenvalue weighted by Crippen LogP contribution is -2.27. The molecule has 3 heteroatoms. The highest BCUT2D eigenvalue weighted by molar-refractivity contribution is 3.87. The third-order valence-corrected chi connectivity index (χ3v) is 0. The molecule has 3 nitrogen and oxygen atoms in total. The van der Waals surface area contributed by atoms with Crippen LogP contribution in [0.5, 0.6) is 0 Å². The topological polar surface area (TPSA) is 65.0 Å². The Kier molecular flexibility index (Phi) is 9.14. The monoisotopic (exact) mass is 108 g/mol. The predicted octanol–water partition coefficient (Wildman–Crippen LogP) is 0.308. The van der Waals surface area contributed by atoms with Crippen LogP contribution in [-0.2, 0) is 0 Å². The minimum atomic E-state index is 0. The van der Waals surface area contributed by atoms with E-state index in [4.69, 9.17) is 0 Å². The van der Waals surface area contributed by atoms with Gasteiger partial charge in [0, 0.05) is 0 Å². The van der Waals surface area contributed by atoms with Crippen molar-refractivity contribution < 1.29 is 9.96 Å². The van der Waals surface area contributed by atoms with Crippen molar-refractivity contribution in [3.8, 4) is 0 Å². The molecule has 48 valence electrons. The molecular formula is C4H16N2O. The van der Waals surface area contributed by atoms with E-state index in [1.807, 2.05) is 0 Å². The summed E-state index contributed by atoms with van der Waals surface area (Å²) >= 11 is 0. The van der Waals surface area contributed by atoms with Crippen molar-refractivity contribution in [3.63, 3.8) is 0 Å². The van der Waals surface area contributed by atoms with Crippen LogP contribution in [0.3, 0.4) is 0 Å². The highest BCUT2D eigenvalue weighted by Crippen LogP contribution is 1.73. The van der Waals surface area contributed by atoms with Crippen molar-refractivity contribution in [2.75, 3.05) is 28.2 Å². The first-order valence-corrected chi connectivity index (χ1v) is 1.79. The van der Waals surface area contributed by atoms with Crippen LogP contribution in [0.15, 0.2) is 0 Å². The van der Waals surface area contributed by atoms with Gasteiger partial charge in [0.2, 0.25) is 0 Å². The fraction of sp³-hybridized carbons (Fsp3) is 1.00. The highest BCUT2D eigenvalue weighted by Gasteiger charge is 1.88. The van der Waals surface area contributed by atoms with E-state index < -0.39 is 0 Å². The molecule has 0 saturated carbocycles. The Labute approximate surface area is 45.4 Å². The summed E-state index contributed by atoms with van der Waals surface area (Å²) in [4.78, 5) is 0. The van der Waals surface area contributed by atoms with Crippen LogP contribution in [0.25, 0.3) is 0 Å². The molecule has 0 aromatic heterocycles. The van der Waals surface area contributed by atoms with Crippen LogP contribution in [0.4, 0.5) is 0 Å². The number of quaternary nitrogens is 1. The lowest BCUT2D eigenvalue weighted by molar-refractivity contribution is -0.849. The van der Waals surface area contributed by atoms with E-state index in [0.29, 0.717) is 0 Å². The minimum Gasteiger partial charge on any atom is -0.870 e. The Bertz CT molecular complexity index is 25.2. The normalized spacial score (nSPS) is 8.57. The van der Waals surface area contributed by atoms with Gasteiger partial charge in [-0.3, -0.25) is 0 Å². The molecule has 0 aromatic carbocycles. The second-order valence-electron chi connectivity index (χ2n) is 2.68. The summed E-state index contributed by atoms with van der Waals surface area (Å²) in [6.45, 7) is 0. The molecule has 0 aliphatic rings. The number of hydrogen-bond acceptors (Lipinski definition) is 2. The van der Waals surface area contributed by atoms with E-state index in [1.165, 1.54) is 0 Å². The predicted molar refractivity (Wildman–Crippen MR) is 30.9 cm³/mol. The molecule has 0 aliphatic heterocycles. The van der Waals surface area contributed by atoms with Crippen molar-refractivity contribution in [1.29, 1.82) is 0 Å². The first-order chi connectivity index (χ1) is 2.00. The quantitative estimate of drug-likeness (QED) is 0.454. The summed E-state index contributed by atoms with van der Waals surface area (Å²) in [5.41, 5.74) is 0. The second-order valence-corrected chi connectivity index (χ2v) is 2.68. The molecule has 0 radical (unpaired) electrons. The molecule has 0 aromatic rings. The lowest BCUT2D eigenvalue weighted by atomic mass is 10.8. The van der Waals surface area contributed by atoms with Gasteiger partial charge < -0.3 is 16.1 Å². The van der Waals surface area contributed by atoms with Gasteiger partial charge in [-0.15, -0.1) is 0 Å². The molecule has 4 N–H and O–H groups in total. The van der Waals surface area contributed by atoms with Crippen molar-refractivity contribution >= 4 is 0 Å². The molecule has 0 atom stereocenters. The SMILES string of the molecule is C[N+](C)(C)C.N.[OH-]. The van der Waals surface area contributed by atoms with Crippen LogP contribution in [-0.4, -0.2) is 38.1 Å². The number of rotatable bonds is 0.